The van der Waals surface area contributed by atoms with Crippen LogP contribution >= 0.6 is 7.82 Å². The number of hydrogen-bond acceptors (Lipinski definition) is 7. The second kappa shape index (κ2) is 40.6. The minimum atomic E-state index is -4.41. The number of unbranched alkanes of at least 4 members (excludes halogenated alkanes) is 21. The van der Waals surface area contributed by atoms with Crippen LogP contribution in [-0.4, -0.2) is 59.0 Å². The van der Waals surface area contributed by atoms with Gasteiger partial charge >= 0.3 is 7.82 Å². The molecule has 0 spiro atoms. The number of carbonyl (C=O) groups excluding carboxylic acids is 1. The lowest BCUT2D eigenvalue weighted by molar-refractivity contribution is -0.124. The lowest BCUT2D eigenvalue weighted by atomic mass is 10.1. The number of nitrogens with two attached hydrogens (primary N) is 1. The molecule has 1 amide bonds. The summed E-state index contributed by atoms with van der Waals surface area (Å²) in [4.78, 5) is 22.7. The lowest BCUT2D eigenvalue weighted by Crippen LogP contribution is -2.46. The number of phosphoric ester groups is 1. The van der Waals surface area contributed by atoms with E-state index in [2.05, 4.69) is 55.6 Å². The number of aliphatic hydroxyl groups is 2. The predicted octanol–water partition coefficient (Wildman–Crippen LogP) is 11.5. The van der Waals surface area contributed by atoms with E-state index in [4.69, 9.17) is 14.8 Å². The van der Waals surface area contributed by atoms with E-state index in [0.717, 1.165) is 57.8 Å². The maximum Gasteiger partial charge on any atom is 0.472 e. The molecule has 0 fully saturated rings. The van der Waals surface area contributed by atoms with Crippen molar-refractivity contribution in [3.8, 4) is 0 Å². The summed E-state index contributed by atoms with van der Waals surface area (Å²) in [7, 11) is -4.41. The highest BCUT2D eigenvalue weighted by atomic mass is 31.2. The Bertz CT molecular complexity index is 1020. The first kappa shape index (κ1) is 53.4. The molecule has 9 nitrogen and oxygen atoms in total. The number of phosphoric acid groups is 1. The van der Waals surface area contributed by atoms with E-state index in [-0.39, 0.29) is 19.6 Å². The van der Waals surface area contributed by atoms with Gasteiger partial charge in [0.2, 0.25) is 5.91 Å². The van der Waals surface area contributed by atoms with E-state index in [9.17, 15) is 24.5 Å². The fraction of sp³-hybridized carbons (Fsp3) is 0.800. The van der Waals surface area contributed by atoms with E-state index in [0.29, 0.717) is 12.8 Å². The molecule has 4 unspecified atom stereocenters. The smallest absolute Gasteiger partial charge is 0.393 e. The molecular weight excluding hydrogens is 711 g/mol. The number of aliphatic hydroxyl groups excluding tert-OH is 2. The van der Waals surface area contributed by atoms with Crippen LogP contribution in [0.4, 0.5) is 0 Å². The van der Waals surface area contributed by atoms with Crippen LogP contribution in [0.25, 0.3) is 0 Å². The van der Waals surface area contributed by atoms with Crippen LogP contribution in [0, 0.1) is 0 Å². The molecule has 0 saturated carbocycles. The summed E-state index contributed by atoms with van der Waals surface area (Å²) < 4.78 is 22.1. The van der Waals surface area contributed by atoms with Gasteiger partial charge < -0.3 is 26.2 Å². The minimum absolute atomic E-state index is 0.0396. The van der Waals surface area contributed by atoms with Crippen molar-refractivity contribution in [2.24, 2.45) is 5.73 Å². The molecule has 0 aliphatic heterocycles. The standard InChI is InChI=1S/C45H85N2O7P/c1-3-5-7-9-11-13-15-17-19-20-21-22-23-25-27-29-31-33-35-37-44(49)43(41-54-55(51,52)53-39-38-46)47-45(50)40-42(48)36-34-32-30-28-26-24-18-16-14-12-10-8-6-4-2/h21-22,24,26-27,29,35,37,42-44,48-49H,3-20,23,25,28,30-34,36,38-41,46H2,1-2H3,(H,47,50)(H,51,52)/b22-21+,26-24-,29-27+,37-35+. The first-order valence-electron chi connectivity index (χ1n) is 22.3. The SMILES string of the molecule is CCCCCCCCC/C=C\CCCCCC(O)CC(=O)NC(COP(=O)(O)OCCN)C(O)/C=C/CC/C=C/CC/C=C/CCCCCCCCCCC. The van der Waals surface area contributed by atoms with Gasteiger partial charge in [0.1, 0.15) is 0 Å². The van der Waals surface area contributed by atoms with Gasteiger partial charge in [-0.25, -0.2) is 4.57 Å². The lowest BCUT2D eigenvalue weighted by Gasteiger charge is -2.24. The van der Waals surface area contributed by atoms with Crippen molar-refractivity contribution in [3.63, 3.8) is 0 Å². The average Bonchev–Trinajstić information content (AvgIpc) is 3.16. The Kier molecular flexibility index (Phi) is 39.4. The van der Waals surface area contributed by atoms with Crippen molar-refractivity contribution in [1.82, 2.24) is 5.32 Å². The first-order chi connectivity index (χ1) is 26.8. The normalized spacial score (nSPS) is 15.1. The molecular formula is C45H85N2O7P. The van der Waals surface area contributed by atoms with Crippen LogP contribution in [0.2, 0.25) is 0 Å². The Hall–Kier alpha value is -1.58. The van der Waals surface area contributed by atoms with Crippen molar-refractivity contribution in [2.45, 2.75) is 212 Å². The zero-order valence-electron chi connectivity index (χ0n) is 35.3. The van der Waals surface area contributed by atoms with Crippen LogP contribution in [0.3, 0.4) is 0 Å². The molecule has 0 aromatic rings. The summed E-state index contributed by atoms with van der Waals surface area (Å²) in [6, 6.07) is -1.01. The maximum absolute atomic E-state index is 12.8. The predicted molar refractivity (Wildman–Crippen MR) is 232 cm³/mol. The Morgan fingerprint density at radius 2 is 1.04 bits per heavy atom. The third-order valence-electron chi connectivity index (χ3n) is 9.66. The second-order valence-corrected chi connectivity index (χ2v) is 16.5. The van der Waals surface area contributed by atoms with Gasteiger partial charge in [-0.3, -0.25) is 13.8 Å². The monoisotopic (exact) mass is 797 g/mol. The third kappa shape index (κ3) is 39.0. The van der Waals surface area contributed by atoms with Gasteiger partial charge in [-0.1, -0.05) is 165 Å². The topological polar surface area (TPSA) is 151 Å². The van der Waals surface area contributed by atoms with E-state index < -0.39 is 38.6 Å². The van der Waals surface area contributed by atoms with Crippen LogP contribution in [0.1, 0.15) is 194 Å². The summed E-state index contributed by atoms with van der Waals surface area (Å²) in [5.74, 6) is -0.470. The number of carbonyl (C=O) groups is 1. The Balaban J connectivity index is 4.42. The highest BCUT2D eigenvalue weighted by molar-refractivity contribution is 7.47. The molecule has 6 N–H and O–H groups in total. The molecule has 0 saturated heterocycles. The first-order valence-corrected chi connectivity index (χ1v) is 23.8. The quantitative estimate of drug-likeness (QED) is 0.0233. The molecule has 0 rings (SSSR count). The summed E-state index contributed by atoms with van der Waals surface area (Å²) >= 11 is 0. The Labute approximate surface area is 337 Å². The molecule has 0 heterocycles. The van der Waals surface area contributed by atoms with Crippen molar-refractivity contribution in [3.05, 3.63) is 48.6 Å². The van der Waals surface area contributed by atoms with Crippen LogP contribution in [0.15, 0.2) is 48.6 Å². The fourth-order valence-corrected chi connectivity index (χ4v) is 7.02. The van der Waals surface area contributed by atoms with Crippen molar-refractivity contribution in [2.75, 3.05) is 19.8 Å². The van der Waals surface area contributed by atoms with E-state index in [1.54, 1.807) is 6.08 Å². The van der Waals surface area contributed by atoms with Crippen LogP contribution in [0.5, 0.6) is 0 Å². The number of nitrogens with one attached hydrogen (secondary N) is 1. The third-order valence-corrected chi connectivity index (χ3v) is 10.6. The highest BCUT2D eigenvalue weighted by Gasteiger charge is 2.27. The molecule has 322 valence electrons. The van der Waals surface area contributed by atoms with Gasteiger partial charge in [-0.2, -0.15) is 0 Å². The summed E-state index contributed by atoms with van der Waals surface area (Å²) in [5, 5.41) is 24.0. The molecule has 10 heteroatoms. The van der Waals surface area contributed by atoms with Gasteiger partial charge in [0.25, 0.3) is 0 Å². The zero-order valence-corrected chi connectivity index (χ0v) is 36.2. The van der Waals surface area contributed by atoms with Crippen LogP contribution < -0.4 is 11.1 Å². The van der Waals surface area contributed by atoms with Crippen molar-refractivity contribution < 1.29 is 33.5 Å². The maximum atomic E-state index is 12.8. The van der Waals surface area contributed by atoms with Crippen LogP contribution in [-0.2, 0) is 18.4 Å². The average molecular weight is 797 g/mol. The van der Waals surface area contributed by atoms with Gasteiger partial charge in [-0.15, -0.1) is 0 Å². The van der Waals surface area contributed by atoms with E-state index in [1.807, 2.05) is 6.08 Å². The summed E-state index contributed by atoms with van der Waals surface area (Å²) in [6.07, 6.45) is 46.3. The van der Waals surface area contributed by atoms with Crippen molar-refractivity contribution >= 4 is 13.7 Å². The highest BCUT2D eigenvalue weighted by Crippen LogP contribution is 2.43. The van der Waals surface area contributed by atoms with Gasteiger partial charge in [-0.05, 0) is 70.6 Å². The molecule has 0 aliphatic rings. The second-order valence-electron chi connectivity index (χ2n) is 15.1. The molecule has 0 aromatic carbocycles. The fourth-order valence-electron chi connectivity index (χ4n) is 6.26. The van der Waals surface area contributed by atoms with E-state index in [1.165, 1.54) is 103 Å². The Morgan fingerprint density at radius 3 is 1.51 bits per heavy atom. The number of rotatable bonds is 41. The molecule has 55 heavy (non-hydrogen) atoms. The molecule has 0 aliphatic carbocycles. The minimum Gasteiger partial charge on any atom is -0.393 e. The van der Waals surface area contributed by atoms with Gasteiger partial charge in [0, 0.05) is 6.54 Å². The summed E-state index contributed by atoms with van der Waals surface area (Å²) in [5.41, 5.74) is 5.36. The number of amides is 1. The molecule has 0 aromatic heterocycles. The van der Waals surface area contributed by atoms with Crippen molar-refractivity contribution in [1.29, 1.82) is 0 Å². The number of hydrogen-bond donors (Lipinski definition) is 5. The van der Waals surface area contributed by atoms with E-state index >= 15 is 0 Å². The number of allylic oxidation sites excluding steroid dienone is 7. The molecule has 0 bridgehead atoms. The summed E-state index contributed by atoms with van der Waals surface area (Å²) in [6.45, 7) is 3.92. The zero-order chi connectivity index (χ0) is 40.5. The largest absolute Gasteiger partial charge is 0.472 e. The Morgan fingerprint density at radius 1 is 0.618 bits per heavy atom. The molecule has 4 atom stereocenters. The van der Waals surface area contributed by atoms with Gasteiger partial charge in [0.05, 0.1) is 37.9 Å². The molecule has 0 radical (unpaired) electrons. The van der Waals surface area contributed by atoms with Gasteiger partial charge in [0.15, 0.2) is 0 Å².